The Morgan fingerprint density at radius 2 is 1.59 bits per heavy atom. The van der Waals surface area contributed by atoms with Gasteiger partial charge in [0, 0.05) is 31.5 Å². The summed E-state index contributed by atoms with van der Waals surface area (Å²) in [4.78, 5) is 61.4. The smallest absolute Gasteiger partial charge is 0.253 e. The van der Waals surface area contributed by atoms with Crippen molar-refractivity contribution >= 4 is 29.5 Å². The van der Waals surface area contributed by atoms with Crippen LogP contribution < -0.4 is 22.1 Å². The van der Waals surface area contributed by atoms with Gasteiger partial charge in [-0.2, -0.15) is 0 Å². The molecule has 1 aromatic carbocycles. The van der Waals surface area contributed by atoms with Crippen molar-refractivity contribution in [3.63, 3.8) is 0 Å². The number of imide groups is 1. The van der Waals surface area contributed by atoms with Gasteiger partial charge in [0.15, 0.2) is 0 Å². The molecule has 0 bridgehead atoms. The number of hydrogen-bond acceptors (Lipinski definition) is 6. The van der Waals surface area contributed by atoms with Gasteiger partial charge in [0.2, 0.25) is 17.7 Å². The maximum atomic E-state index is 12.9. The molecular formula is C22H29N5O5. The third-order valence-electron chi connectivity index (χ3n) is 5.00. The Hall–Kier alpha value is -3.53. The molecule has 1 aromatic rings. The van der Waals surface area contributed by atoms with Gasteiger partial charge in [0.05, 0.1) is 0 Å². The molecule has 0 saturated heterocycles. The maximum absolute atomic E-state index is 12.9. The zero-order valence-corrected chi connectivity index (χ0v) is 17.8. The summed E-state index contributed by atoms with van der Waals surface area (Å²) in [5.74, 6) is -2.69. The maximum Gasteiger partial charge on any atom is 0.253 e. The van der Waals surface area contributed by atoms with E-state index in [-0.39, 0.29) is 19.4 Å². The number of primary amides is 1. The molecule has 2 atom stereocenters. The van der Waals surface area contributed by atoms with Crippen molar-refractivity contribution in [3.05, 3.63) is 48.0 Å². The number of unbranched alkanes of at least 4 members (excludes halogenated alkanes) is 1. The highest BCUT2D eigenvalue weighted by Crippen LogP contribution is 2.08. The predicted octanol–water partition coefficient (Wildman–Crippen LogP) is -0.872. The Morgan fingerprint density at radius 1 is 0.938 bits per heavy atom. The zero-order valence-electron chi connectivity index (χ0n) is 17.8. The second kappa shape index (κ2) is 12.4. The fourth-order valence-electron chi connectivity index (χ4n) is 3.24. The second-order valence-corrected chi connectivity index (χ2v) is 7.47. The molecule has 6 N–H and O–H groups in total. The van der Waals surface area contributed by atoms with E-state index < -0.39 is 41.6 Å². The molecule has 1 aliphatic rings. The Balaban J connectivity index is 2.03. The summed E-state index contributed by atoms with van der Waals surface area (Å²) in [6.45, 7) is 0.364. The Labute approximate surface area is 186 Å². The normalized spacial score (nSPS) is 14.8. The lowest BCUT2D eigenvalue weighted by atomic mass is 10.0. The van der Waals surface area contributed by atoms with Crippen LogP contribution in [0.5, 0.6) is 0 Å². The van der Waals surface area contributed by atoms with Crippen LogP contribution in [-0.2, 0) is 30.4 Å². The van der Waals surface area contributed by atoms with E-state index in [0.717, 1.165) is 22.6 Å². The van der Waals surface area contributed by atoms with E-state index >= 15 is 0 Å². The van der Waals surface area contributed by atoms with Crippen molar-refractivity contribution in [1.29, 1.82) is 0 Å². The zero-order chi connectivity index (χ0) is 23.5. The average Bonchev–Trinajstić information content (AvgIpc) is 3.09. The van der Waals surface area contributed by atoms with E-state index in [4.69, 9.17) is 11.5 Å². The van der Waals surface area contributed by atoms with Gasteiger partial charge in [-0.25, -0.2) is 0 Å². The molecule has 0 fully saturated rings. The molecule has 172 valence electrons. The highest BCUT2D eigenvalue weighted by molar-refractivity contribution is 6.13. The summed E-state index contributed by atoms with van der Waals surface area (Å²) in [6, 6.07) is 7.22. The van der Waals surface area contributed by atoms with Crippen LogP contribution in [0.1, 0.15) is 31.2 Å². The lowest BCUT2D eigenvalue weighted by molar-refractivity contribution is -0.137. The number of nitrogens with zero attached hydrogens (tertiary/aromatic N) is 1. The molecule has 0 saturated carbocycles. The average molecular weight is 444 g/mol. The van der Waals surface area contributed by atoms with Gasteiger partial charge in [-0.3, -0.25) is 28.9 Å². The minimum atomic E-state index is -0.968. The fraction of sp³-hybridized carbons (Fsp3) is 0.409. The highest BCUT2D eigenvalue weighted by atomic mass is 16.2. The third-order valence-corrected chi connectivity index (χ3v) is 5.00. The van der Waals surface area contributed by atoms with E-state index in [2.05, 4.69) is 10.6 Å². The van der Waals surface area contributed by atoms with Crippen molar-refractivity contribution in [3.8, 4) is 0 Å². The number of carbonyl (C=O) groups is 5. The Morgan fingerprint density at radius 3 is 2.19 bits per heavy atom. The van der Waals surface area contributed by atoms with Gasteiger partial charge < -0.3 is 22.1 Å². The Kier molecular flexibility index (Phi) is 9.55. The summed E-state index contributed by atoms with van der Waals surface area (Å²) in [5, 5.41) is 5.25. The van der Waals surface area contributed by atoms with Gasteiger partial charge in [-0.15, -0.1) is 0 Å². The van der Waals surface area contributed by atoms with Crippen LogP contribution in [0.2, 0.25) is 0 Å². The van der Waals surface area contributed by atoms with Crippen molar-refractivity contribution in [2.45, 2.75) is 44.2 Å². The third kappa shape index (κ3) is 7.62. The van der Waals surface area contributed by atoms with Crippen LogP contribution in [-0.4, -0.2) is 59.6 Å². The van der Waals surface area contributed by atoms with E-state index in [1.165, 1.54) is 0 Å². The first-order chi connectivity index (χ1) is 15.3. The molecule has 0 spiro atoms. The molecule has 1 heterocycles. The van der Waals surface area contributed by atoms with Crippen LogP contribution in [0.25, 0.3) is 0 Å². The number of nitrogens with two attached hydrogens (primary N) is 2. The monoisotopic (exact) mass is 443 g/mol. The SMILES string of the molecule is NCCCC[C@@H](NC(=O)[C@H](Cc1ccccc1)NC(=O)CCN1C(=O)C=CC1=O)C(N)=O. The second-order valence-electron chi connectivity index (χ2n) is 7.47. The van der Waals surface area contributed by atoms with Crippen molar-refractivity contribution in [2.75, 3.05) is 13.1 Å². The summed E-state index contributed by atoms with van der Waals surface area (Å²) in [5.41, 5.74) is 11.7. The summed E-state index contributed by atoms with van der Waals surface area (Å²) < 4.78 is 0. The first-order valence-corrected chi connectivity index (χ1v) is 10.5. The highest BCUT2D eigenvalue weighted by Gasteiger charge is 2.27. The van der Waals surface area contributed by atoms with Crippen LogP contribution in [0, 0.1) is 0 Å². The molecule has 10 heteroatoms. The molecular weight excluding hydrogens is 414 g/mol. The molecule has 1 aliphatic heterocycles. The number of hydrogen-bond donors (Lipinski definition) is 4. The Bertz CT molecular complexity index is 853. The van der Waals surface area contributed by atoms with Crippen LogP contribution >= 0.6 is 0 Å². The van der Waals surface area contributed by atoms with Gasteiger partial charge >= 0.3 is 0 Å². The number of amides is 5. The number of nitrogens with one attached hydrogen (secondary N) is 2. The van der Waals surface area contributed by atoms with E-state index in [0.29, 0.717) is 25.8 Å². The van der Waals surface area contributed by atoms with Crippen LogP contribution in [0.3, 0.4) is 0 Å². The first kappa shape index (κ1) is 24.7. The molecule has 0 radical (unpaired) electrons. The molecule has 2 rings (SSSR count). The van der Waals surface area contributed by atoms with Gasteiger partial charge in [-0.1, -0.05) is 30.3 Å². The predicted molar refractivity (Wildman–Crippen MR) is 117 cm³/mol. The molecule has 32 heavy (non-hydrogen) atoms. The van der Waals surface area contributed by atoms with E-state index in [1.807, 2.05) is 30.3 Å². The first-order valence-electron chi connectivity index (χ1n) is 10.5. The van der Waals surface area contributed by atoms with Gasteiger partial charge in [0.25, 0.3) is 11.8 Å². The number of carbonyl (C=O) groups excluding carboxylic acids is 5. The van der Waals surface area contributed by atoms with Gasteiger partial charge in [0.1, 0.15) is 12.1 Å². The standard InChI is InChI=1S/C22H29N5O5/c23-12-5-4-8-16(21(24)31)26-22(32)17(14-15-6-2-1-3-7-15)25-18(28)11-13-27-19(29)9-10-20(27)30/h1-3,6-7,9-10,16-17H,4-5,8,11-14,23H2,(H2,24,31)(H,25,28)(H,26,32)/t16-,17+/m1/s1. The van der Waals surface area contributed by atoms with Crippen molar-refractivity contribution < 1.29 is 24.0 Å². The molecule has 10 nitrogen and oxygen atoms in total. The lowest BCUT2D eigenvalue weighted by Crippen LogP contribution is -2.54. The molecule has 0 aliphatic carbocycles. The summed E-state index contributed by atoms with van der Waals surface area (Å²) >= 11 is 0. The van der Waals surface area contributed by atoms with E-state index in [1.54, 1.807) is 0 Å². The fourth-order valence-corrected chi connectivity index (χ4v) is 3.24. The molecule has 0 unspecified atom stereocenters. The van der Waals surface area contributed by atoms with Crippen molar-refractivity contribution in [2.24, 2.45) is 11.5 Å². The quantitative estimate of drug-likeness (QED) is 0.228. The lowest BCUT2D eigenvalue weighted by Gasteiger charge is -2.22. The van der Waals surface area contributed by atoms with Crippen molar-refractivity contribution in [1.82, 2.24) is 15.5 Å². The molecule has 0 aromatic heterocycles. The topological polar surface area (TPSA) is 165 Å². The van der Waals surface area contributed by atoms with Crippen LogP contribution in [0.4, 0.5) is 0 Å². The number of rotatable bonds is 13. The largest absolute Gasteiger partial charge is 0.368 e. The summed E-state index contributed by atoms with van der Waals surface area (Å²) in [6.07, 6.45) is 3.96. The summed E-state index contributed by atoms with van der Waals surface area (Å²) in [7, 11) is 0. The minimum Gasteiger partial charge on any atom is -0.368 e. The molecule has 5 amide bonds. The number of benzene rings is 1. The van der Waals surface area contributed by atoms with Gasteiger partial charge in [-0.05, 0) is 31.4 Å². The minimum absolute atomic E-state index is 0.0980. The van der Waals surface area contributed by atoms with Crippen LogP contribution in [0.15, 0.2) is 42.5 Å². The van der Waals surface area contributed by atoms with E-state index in [9.17, 15) is 24.0 Å².